The molecule has 1 amide bonds. The fourth-order valence-corrected chi connectivity index (χ4v) is 3.08. The topological polar surface area (TPSA) is 55.8 Å². The van der Waals surface area contributed by atoms with Crippen LogP contribution in [-0.4, -0.2) is 61.8 Å². The van der Waals surface area contributed by atoms with Crippen molar-refractivity contribution in [2.45, 2.75) is 19.8 Å². The lowest BCUT2D eigenvalue weighted by molar-refractivity contribution is 0.0935. The average Bonchev–Trinajstić information content (AvgIpc) is 3.40. The smallest absolute Gasteiger partial charge is 0.251 e. The molecule has 2 fully saturated rings. The first-order chi connectivity index (χ1) is 11.2. The largest absolute Gasteiger partial charge is 0.396 e. The zero-order valence-corrected chi connectivity index (χ0v) is 13.9. The summed E-state index contributed by atoms with van der Waals surface area (Å²) in [6.45, 7) is 8.33. The molecule has 1 aromatic carbocycles. The Kier molecular flexibility index (Phi) is 4.87. The molecule has 0 atom stereocenters. The average molecular weight is 317 g/mol. The van der Waals surface area contributed by atoms with Gasteiger partial charge in [0.25, 0.3) is 5.91 Å². The number of amides is 1. The molecular weight excluding hydrogens is 290 g/mol. The van der Waals surface area contributed by atoms with E-state index < -0.39 is 0 Å². The van der Waals surface area contributed by atoms with Crippen LogP contribution in [0.4, 0.5) is 5.69 Å². The predicted octanol–water partition coefficient (Wildman–Crippen LogP) is 1.33. The van der Waals surface area contributed by atoms with Crippen molar-refractivity contribution in [1.82, 2.24) is 10.2 Å². The summed E-state index contributed by atoms with van der Waals surface area (Å²) in [4.78, 5) is 17.0. The van der Waals surface area contributed by atoms with Crippen LogP contribution in [0.15, 0.2) is 24.3 Å². The highest BCUT2D eigenvalue weighted by Crippen LogP contribution is 2.44. The molecule has 0 aromatic heterocycles. The van der Waals surface area contributed by atoms with Gasteiger partial charge in [0.1, 0.15) is 0 Å². The maximum Gasteiger partial charge on any atom is 0.251 e. The van der Waals surface area contributed by atoms with Crippen LogP contribution < -0.4 is 10.2 Å². The lowest BCUT2D eigenvalue weighted by atomic mass is 10.1. The van der Waals surface area contributed by atoms with E-state index in [1.54, 1.807) is 0 Å². The molecule has 1 aliphatic heterocycles. The van der Waals surface area contributed by atoms with Gasteiger partial charge in [0.15, 0.2) is 0 Å². The Bertz CT molecular complexity index is 532. The lowest BCUT2D eigenvalue weighted by Crippen LogP contribution is -2.46. The van der Waals surface area contributed by atoms with Gasteiger partial charge in [-0.15, -0.1) is 0 Å². The van der Waals surface area contributed by atoms with Crippen molar-refractivity contribution in [3.05, 3.63) is 29.8 Å². The summed E-state index contributed by atoms with van der Waals surface area (Å²) in [7, 11) is 0. The Hall–Kier alpha value is -1.59. The van der Waals surface area contributed by atoms with Crippen LogP contribution in [0.2, 0.25) is 0 Å². The fraction of sp³-hybridized carbons (Fsp3) is 0.611. The molecule has 0 unspecified atom stereocenters. The molecule has 1 aliphatic carbocycles. The Labute approximate surface area is 138 Å². The number of hydrogen-bond donors (Lipinski definition) is 2. The number of piperazine rings is 1. The van der Waals surface area contributed by atoms with E-state index in [2.05, 4.69) is 22.0 Å². The summed E-state index contributed by atoms with van der Waals surface area (Å²) in [6.07, 6.45) is 2.01. The van der Waals surface area contributed by atoms with E-state index in [0.29, 0.717) is 12.1 Å². The number of aliphatic hydroxyl groups is 1. The maximum absolute atomic E-state index is 12.2. The van der Waals surface area contributed by atoms with Crippen molar-refractivity contribution in [2.24, 2.45) is 5.41 Å². The first-order valence-electron chi connectivity index (χ1n) is 8.62. The van der Waals surface area contributed by atoms with Crippen LogP contribution in [0, 0.1) is 5.41 Å². The Morgan fingerprint density at radius 3 is 2.35 bits per heavy atom. The molecular formula is C18H27N3O2. The molecule has 1 saturated carbocycles. The Balaban J connectivity index is 1.53. The first-order valence-corrected chi connectivity index (χ1v) is 8.62. The maximum atomic E-state index is 12.2. The van der Waals surface area contributed by atoms with Crippen molar-refractivity contribution in [3.8, 4) is 0 Å². The summed E-state index contributed by atoms with van der Waals surface area (Å²) >= 11 is 0. The van der Waals surface area contributed by atoms with Crippen LogP contribution >= 0.6 is 0 Å². The minimum Gasteiger partial charge on any atom is -0.396 e. The van der Waals surface area contributed by atoms with E-state index in [1.807, 2.05) is 24.3 Å². The lowest BCUT2D eigenvalue weighted by Gasteiger charge is -2.35. The third-order valence-electron chi connectivity index (χ3n) is 5.23. The number of likely N-dealkylation sites (N-methyl/N-ethyl adjacent to an activating group) is 1. The molecule has 2 aliphatic rings. The number of benzene rings is 1. The molecule has 5 heteroatoms. The van der Waals surface area contributed by atoms with Crippen LogP contribution in [-0.2, 0) is 0 Å². The molecule has 3 rings (SSSR count). The molecule has 0 bridgehead atoms. The predicted molar refractivity (Wildman–Crippen MR) is 91.9 cm³/mol. The van der Waals surface area contributed by atoms with Crippen LogP contribution in [0.1, 0.15) is 30.1 Å². The van der Waals surface area contributed by atoms with E-state index in [1.165, 1.54) is 5.69 Å². The van der Waals surface area contributed by atoms with E-state index in [9.17, 15) is 9.90 Å². The molecule has 126 valence electrons. The highest BCUT2D eigenvalue weighted by molar-refractivity contribution is 5.94. The first kappa shape index (κ1) is 16.3. The second kappa shape index (κ2) is 6.89. The number of aliphatic hydroxyl groups excluding tert-OH is 1. The SMILES string of the molecule is CCN1CCN(c2ccc(C(=O)NCC3(CO)CC3)cc2)CC1. The van der Waals surface area contributed by atoms with Crippen molar-refractivity contribution < 1.29 is 9.90 Å². The number of nitrogens with one attached hydrogen (secondary N) is 1. The highest BCUT2D eigenvalue weighted by Gasteiger charge is 2.42. The standard InChI is InChI=1S/C18H27N3O2/c1-2-20-9-11-21(12-10-20)16-5-3-15(4-6-16)17(23)19-13-18(14-22)7-8-18/h3-6,22H,2,7-14H2,1H3,(H,19,23). The molecule has 2 N–H and O–H groups in total. The van der Waals surface area contributed by atoms with Gasteiger partial charge in [0.2, 0.25) is 0 Å². The van der Waals surface area contributed by atoms with Gasteiger partial charge in [-0.3, -0.25) is 4.79 Å². The van der Waals surface area contributed by atoms with Gasteiger partial charge in [-0.25, -0.2) is 0 Å². The van der Waals surface area contributed by atoms with E-state index in [-0.39, 0.29) is 17.9 Å². The van der Waals surface area contributed by atoms with Gasteiger partial charge < -0.3 is 20.2 Å². The number of carbonyl (C=O) groups excluding carboxylic acids is 1. The van der Waals surface area contributed by atoms with E-state index in [4.69, 9.17) is 0 Å². The molecule has 0 radical (unpaired) electrons. The summed E-state index contributed by atoms with van der Waals surface area (Å²) < 4.78 is 0. The number of anilines is 1. The van der Waals surface area contributed by atoms with Gasteiger partial charge >= 0.3 is 0 Å². The van der Waals surface area contributed by atoms with Crippen molar-refractivity contribution in [2.75, 3.05) is 50.8 Å². The Morgan fingerprint density at radius 2 is 1.83 bits per heavy atom. The minimum atomic E-state index is -0.0490. The molecule has 23 heavy (non-hydrogen) atoms. The van der Waals surface area contributed by atoms with E-state index in [0.717, 1.165) is 45.6 Å². The number of carbonyl (C=O) groups is 1. The van der Waals surface area contributed by atoms with E-state index >= 15 is 0 Å². The molecule has 1 saturated heterocycles. The summed E-state index contributed by atoms with van der Waals surface area (Å²) in [5, 5.41) is 12.2. The van der Waals surface area contributed by atoms with Crippen molar-refractivity contribution in [1.29, 1.82) is 0 Å². The van der Waals surface area contributed by atoms with Crippen molar-refractivity contribution in [3.63, 3.8) is 0 Å². The normalized spacial score (nSPS) is 20.3. The third kappa shape index (κ3) is 3.85. The van der Waals surface area contributed by atoms with Gasteiger partial charge in [0.05, 0.1) is 6.61 Å². The molecule has 1 heterocycles. The van der Waals surface area contributed by atoms with Gasteiger partial charge in [0, 0.05) is 49.4 Å². The zero-order chi connectivity index (χ0) is 16.3. The Morgan fingerprint density at radius 1 is 1.17 bits per heavy atom. The second-order valence-electron chi connectivity index (χ2n) is 6.81. The van der Waals surface area contributed by atoms with Crippen LogP contribution in [0.3, 0.4) is 0 Å². The van der Waals surface area contributed by atoms with Crippen LogP contribution in [0.25, 0.3) is 0 Å². The van der Waals surface area contributed by atoms with Gasteiger partial charge in [-0.05, 0) is 43.7 Å². The van der Waals surface area contributed by atoms with Crippen LogP contribution in [0.5, 0.6) is 0 Å². The molecule has 5 nitrogen and oxygen atoms in total. The molecule has 0 spiro atoms. The highest BCUT2D eigenvalue weighted by atomic mass is 16.3. The monoisotopic (exact) mass is 317 g/mol. The van der Waals surface area contributed by atoms with Gasteiger partial charge in [-0.2, -0.15) is 0 Å². The fourth-order valence-electron chi connectivity index (χ4n) is 3.08. The van der Waals surface area contributed by atoms with Crippen molar-refractivity contribution >= 4 is 11.6 Å². The summed E-state index contributed by atoms with van der Waals surface area (Å²) in [5.41, 5.74) is 1.83. The minimum absolute atomic E-state index is 0.0471. The molecule has 1 aromatic rings. The van der Waals surface area contributed by atoms with Gasteiger partial charge in [-0.1, -0.05) is 6.92 Å². The number of rotatable bonds is 6. The summed E-state index contributed by atoms with van der Waals surface area (Å²) in [6, 6.07) is 7.87. The number of nitrogens with zero attached hydrogens (tertiary/aromatic N) is 2. The summed E-state index contributed by atoms with van der Waals surface area (Å²) in [5.74, 6) is -0.0490. The third-order valence-corrected chi connectivity index (χ3v) is 5.23. The second-order valence-corrected chi connectivity index (χ2v) is 6.81. The quantitative estimate of drug-likeness (QED) is 0.831. The zero-order valence-electron chi connectivity index (χ0n) is 13.9. The number of hydrogen-bond acceptors (Lipinski definition) is 4.